The first kappa shape index (κ1) is 22.7. The number of carbonyl (C=O) groups is 1. The average molecular weight is 471 g/mol. The van der Waals surface area contributed by atoms with E-state index in [-0.39, 0.29) is 17.5 Å². The number of hydrogen-bond acceptors (Lipinski definition) is 5. The summed E-state index contributed by atoms with van der Waals surface area (Å²) in [6, 6.07) is 4.22. The molecule has 0 unspecified atom stereocenters. The number of amides is 1. The van der Waals surface area contributed by atoms with Crippen molar-refractivity contribution in [2.24, 2.45) is 5.92 Å². The first-order chi connectivity index (χ1) is 16.4. The van der Waals surface area contributed by atoms with E-state index in [2.05, 4.69) is 20.3 Å². The second-order valence-electron chi connectivity index (χ2n) is 9.37. The van der Waals surface area contributed by atoms with Crippen molar-refractivity contribution in [3.05, 3.63) is 41.3 Å². The van der Waals surface area contributed by atoms with E-state index >= 15 is 0 Å². The molecule has 0 bridgehead atoms. The van der Waals surface area contributed by atoms with Crippen LogP contribution in [0.2, 0.25) is 0 Å². The van der Waals surface area contributed by atoms with Crippen LogP contribution in [0.15, 0.2) is 24.5 Å². The normalized spacial score (nSPS) is 20.6. The van der Waals surface area contributed by atoms with Gasteiger partial charge in [0.2, 0.25) is 0 Å². The number of fused-ring (bicyclic) bond motifs is 1. The first-order valence-electron chi connectivity index (χ1n) is 11.8. The summed E-state index contributed by atoms with van der Waals surface area (Å²) in [5.41, 5.74) is 2.64. The second-order valence-corrected chi connectivity index (χ2v) is 9.37. The molecule has 3 N–H and O–H groups in total. The zero-order valence-corrected chi connectivity index (χ0v) is 19.0. The van der Waals surface area contributed by atoms with Gasteiger partial charge in [0.25, 0.3) is 12.3 Å². The van der Waals surface area contributed by atoms with E-state index in [1.54, 1.807) is 13.0 Å². The Kier molecular flexibility index (Phi) is 6.20. The van der Waals surface area contributed by atoms with Gasteiger partial charge in [0, 0.05) is 22.9 Å². The van der Waals surface area contributed by atoms with Gasteiger partial charge in [-0.1, -0.05) is 0 Å². The standard InChI is InChI=1S/C25H28F2N4O3/c1-13-20(25(33)31-16-3-2-4-17(32)10-16)22-23(30-13)21(28-12-29-22)18-9-15(24(26)27)7-8-19(18)34-11-14-5-6-14/h7-9,12,14,16-17,24,30,32H,2-6,10-11H2,1H3,(H,31,33)/t16-,17-/m0/s1. The van der Waals surface area contributed by atoms with Crippen LogP contribution in [0.1, 0.15) is 66.6 Å². The number of aromatic nitrogens is 3. The van der Waals surface area contributed by atoms with Crippen LogP contribution >= 0.6 is 0 Å². The molecular weight excluding hydrogens is 442 g/mol. The number of rotatable bonds is 7. The lowest BCUT2D eigenvalue weighted by Gasteiger charge is -2.26. The van der Waals surface area contributed by atoms with Gasteiger partial charge in [0.15, 0.2) is 0 Å². The largest absolute Gasteiger partial charge is 0.493 e. The number of aryl methyl sites for hydroxylation is 1. The van der Waals surface area contributed by atoms with Crippen LogP contribution in [0.3, 0.4) is 0 Å². The SMILES string of the molecule is Cc1[nH]c2c(-c3cc(C(F)F)ccc3OCC3CC3)ncnc2c1C(=O)N[C@H]1CCC[C@H](O)C1. The van der Waals surface area contributed by atoms with Crippen LogP contribution in [0.4, 0.5) is 8.78 Å². The molecule has 0 aliphatic heterocycles. The average Bonchev–Trinajstić information content (AvgIpc) is 3.57. The van der Waals surface area contributed by atoms with Crippen molar-refractivity contribution in [2.75, 3.05) is 6.61 Å². The zero-order valence-electron chi connectivity index (χ0n) is 19.0. The molecule has 9 heteroatoms. The molecule has 0 saturated heterocycles. The summed E-state index contributed by atoms with van der Waals surface area (Å²) in [7, 11) is 0. The number of nitrogens with one attached hydrogen (secondary N) is 2. The van der Waals surface area contributed by atoms with Gasteiger partial charge in [-0.05, 0) is 69.6 Å². The number of halogens is 2. The van der Waals surface area contributed by atoms with E-state index in [1.807, 2.05) is 0 Å². The molecular formula is C25H28F2N4O3. The molecule has 2 heterocycles. The van der Waals surface area contributed by atoms with Crippen molar-refractivity contribution < 1.29 is 23.4 Å². The molecule has 1 aromatic carbocycles. The topological polar surface area (TPSA) is 100 Å². The molecule has 34 heavy (non-hydrogen) atoms. The minimum atomic E-state index is -2.63. The summed E-state index contributed by atoms with van der Waals surface area (Å²) in [6.45, 7) is 2.30. The highest BCUT2D eigenvalue weighted by Gasteiger charge is 2.27. The Morgan fingerprint density at radius 1 is 1.26 bits per heavy atom. The molecule has 2 saturated carbocycles. The summed E-state index contributed by atoms with van der Waals surface area (Å²) >= 11 is 0. The molecule has 0 spiro atoms. The van der Waals surface area contributed by atoms with Gasteiger partial charge in [-0.2, -0.15) is 0 Å². The van der Waals surface area contributed by atoms with E-state index in [0.29, 0.717) is 58.2 Å². The number of carbonyl (C=O) groups excluding carboxylic acids is 1. The van der Waals surface area contributed by atoms with E-state index in [9.17, 15) is 18.7 Å². The smallest absolute Gasteiger partial charge is 0.263 e. The minimum Gasteiger partial charge on any atom is -0.493 e. The van der Waals surface area contributed by atoms with Crippen LogP contribution in [-0.4, -0.2) is 44.7 Å². The van der Waals surface area contributed by atoms with Crippen molar-refractivity contribution >= 4 is 16.9 Å². The van der Waals surface area contributed by atoms with Gasteiger partial charge in [0.05, 0.1) is 23.8 Å². The molecule has 2 aromatic heterocycles. The number of nitrogens with zero attached hydrogens (tertiary/aromatic N) is 2. The van der Waals surface area contributed by atoms with E-state index in [4.69, 9.17) is 4.74 Å². The number of benzene rings is 1. The molecule has 2 aliphatic rings. The van der Waals surface area contributed by atoms with Gasteiger partial charge in [-0.25, -0.2) is 18.7 Å². The number of alkyl halides is 2. The zero-order chi connectivity index (χ0) is 23.8. The number of aliphatic hydroxyl groups excluding tert-OH is 1. The molecule has 180 valence electrons. The van der Waals surface area contributed by atoms with Crippen LogP contribution in [-0.2, 0) is 0 Å². The van der Waals surface area contributed by atoms with Crippen molar-refractivity contribution in [3.8, 4) is 17.0 Å². The van der Waals surface area contributed by atoms with Crippen LogP contribution in [0, 0.1) is 12.8 Å². The molecule has 1 amide bonds. The minimum absolute atomic E-state index is 0.105. The fourth-order valence-corrected chi connectivity index (χ4v) is 4.64. The Labute approximate surface area is 196 Å². The maximum Gasteiger partial charge on any atom is 0.263 e. The molecule has 5 rings (SSSR count). The third-order valence-electron chi connectivity index (χ3n) is 6.66. The highest BCUT2D eigenvalue weighted by atomic mass is 19.3. The van der Waals surface area contributed by atoms with Crippen molar-refractivity contribution in [1.82, 2.24) is 20.3 Å². The number of ether oxygens (including phenoxy) is 1. The Morgan fingerprint density at radius 3 is 2.82 bits per heavy atom. The molecule has 7 nitrogen and oxygen atoms in total. The maximum absolute atomic E-state index is 13.5. The van der Waals surface area contributed by atoms with Gasteiger partial charge in [-0.15, -0.1) is 0 Å². The fraction of sp³-hybridized carbons (Fsp3) is 0.480. The van der Waals surface area contributed by atoms with Crippen LogP contribution < -0.4 is 10.1 Å². The quantitative estimate of drug-likeness (QED) is 0.465. The van der Waals surface area contributed by atoms with Crippen molar-refractivity contribution in [2.45, 2.75) is 64.0 Å². The predicted octanol–water partition coefficient (Wildman–Crippen LogP) is 4.69. The summed E-state index contributed by atoms with van der Waals surface area (Å²) in [5, 5.41) is 13.0. The van der Waals surface area contributed by atoms with E-state index < -0.39 is 12.5 Å². The fourth-order valence-electron chi connectivity index (χ4n) is 4.64. The second kappa shape index (κ2) is 9.29. The number of hydrogen-bond donors (Lipinski definition) is 3. The number of H-pyrrole nitrogens is 1. The third kappa shape index (κ3) is 4.61. The van der Waals surface area contributed by atoms with Crippen LogP contribution in [0.25, 0.3) is 22.3 Å². The van der Waals surface area contributed by atoms with E-state index in [0.717, 1.165) is 32.1 Å². The van der Waals surface area contributed by atoms with Crippen molar-refractivity contribution in [3.63, 3.8) is 0 Å². The molecule has 2 atom stereocenters. The molecule has 2 fully saturated rings. The van der Waals surface area contributed by atoms with Gasteiger partial charge in [-0.3, -0.25) is 4.79 Å². The molecule has 0 radical (unpaired) electrons. The Morgan fingerprint density at radius 2 is 2.09 bits per heavy atom. The monoisotopic (exact) mass is 470 g/mol. The molecule has 3 aromatic rings. The summed E-state index contributed by atoms with van der Waals surface area (Å²) in [5.74, 6) is 0.694. The highest BCUT2D eigenvalue weighted by molar-refractivity contribution is 6.09. The lowest BCUT2D eigenvalue weighted by Crippen LogP contribution is -2.39. The first-order valence-corrected chi connectivity index (χ1v) is 11.8. The summed E-state index contributed by atoms with van der Waals surface area (Å²) in [6.07, 6.45) is 3.45. The lowest BCUT2D eigenvalue weighted by molar-refractivity contribution is 0.0850. The Balaban J connectivity index is 1.52. The van der Waals surface area contributed by atoms with Gasteiger partial charge < -0.3 is 20.1 Å². The lowest BCUT2D eigenvalue weighted by atomic mass is 9.93. The Hall–Kier alpha value is -3.07. The summed E-state index contributed by atoms with van der Waals surface area (Å²) in [4.78, 5) is 25.1. The van der Waals surface area contributed by atoms with Gasteiger partial charge in [0.1, 0.15) is 23.3 Å². The third-order valence-corrected chi connectivity index (χ3v) is 6.66. The van der Waals surface area contributed by atoms with E-state index in [1.165, 1.54) is 18.5 Å². The predicted molar refractivity (Wildman–Crippen MR) is 123 cm³/mol. The number of aromatic amines is 1. The molecule has 2 aliphatic carbocycles. The highest BCUT2D eigenvalue weighted by Crippen LogP contribution is 2.38. The van der Waals surface area contributed by atoms with Crippen molar-refractivity contribution in [1.29, 1.82) is 0 Å². The summed E-state index contributed by atoms with van der Waals surface area (Å²) < 4.78 is 33.0. The van der Waals surface area contributed by atoms with Gasteiger partial charge >= 0.3 is 0 Å². The number of aliphatic hydroxyl groups is 1. The Bertz CT molecular complexity index is 1210. The van der Waals surface area contributed by atoms with Crippen LogP contribution in [0.5, 0.6) is 5.75 Å². The maximum atomic E-state index is 13.5.